The number of hydrogen-bond donors (Lipinski definition) is 0. The molecule has 0 aliphatic carbocycles. The van der Waals surface area contributed by atoms with Crippen molar-refractivity contribution in [1.29, 1.82) is 0 Å². The number of carbonyl (C=O) groups is 1. The van der Waals surface area contributed by atoms with Crippen molar-refractivity contribution in [3.8, 4) is 17.4 Å². The van der Waals surface area contributed by atoms with Gasteiger partial charge < -0.3 is 18.9 Å². The Morgan fingerprint density at radius 1 is 1.09 bits per heavy atom. The lowest BCUT2D eigenvalue weighted by molar-refractivity contribution is 0.0599. The zero-order chi connectivity index (χ0) is 15.9. The topological polar surface area (TPSA) is 79.8 Å². The Balaban J connectivity index is 2.09. The van der Waals surface area contributed by atoms with Gasteiger partial charge in [0.2, 0.25) is 0 Å². The minimum atomic E-state index is -0.492. The van der Waals surface area contributed by atoms with E-state index in [1.165, 1.54) is 26.5 Å². The Hall–Kier alpha value is -2.83. The average molecular weight is 304 g/mol. The molecule has 0 saturated heterocycles. The molecule has 2 heterocycles. The minimum absolute atomic E-state index is 0.213. The third kappa shape index (κ3) is 3.63. The summed E-state index contributed by atoms with van der Waals surface area (Å²) in [6.07, 6.45) is 2.97. The second kappa shape index (κ2) is 7.26. The van der Waals surface area contributed by atoms with E-state index in [9.17, 15) is 4.79 Å². The Bertz CT molecular complexity index is 643. The first-order valence-electron chi connectivity index (χ1n) is 6.42. The summed E-state index contributed by atoms with van der Waals surface area (Å²) >= 11 is 0. The van der Waals surface area contributed by atoms with Crippen molar-refractivity contribution in [3.63, 3.8) is 0 Å². The van der Waals surface area contributed by atoms with Crippen LogP contribution < -0.4 is 14.2 Å². The highest BCUT2D eigenvalue weighted by Gasteiger charge is 2.13. The molecule has 0 aliphatic heterocycles. The SMILES string of the molecule is COC(=O)c1cnc(OCc2ccc(OC)cn2)c(OC)c1. The fourth-order valence-corrected chi connectivity index (χ4v) is 1.68. The average Bonchev–Trinajstić information content (AvgIpc) is 2.59. The summed E-state index contributed by atoms with van der Waals surface area (Å²) in [6.45, 7) is 0.213. The molecule has 0 radical (unpaired) electrons. The van der Waals surface area contributed by atoms with E-state index in [4.69, 9.17) is 14.2 Å². The molecule has 0 aromatic carbocycles. The molecule has 7 heteroatoms. The van der Waals surface area contributed by atoms with Crippen molar-refractivity contribution in [2.24, 2.45) is 0 Å². The molecule has 2 rings (SSSR count). The van der Waals surface area contributed by atoms with E-state index < -0.39 is 5.97 Å². The second-order valence-electron chi connectivity index (χ2n) is 4.20. The van der Waals surface area contributed by atoms with Gasteiger partial charge in [0.1, 0.15) is 12.4 Å². The molecule has 0 spiro atoms. The highest BCUT2D eigenvalue weighted by molar-refractivity contribution is 5.89. The minimum Gasteiger partial charge on any atom is -0.495 e. The number of nitrogens with zero attached hydrogens (tertiary/aromatic N) is 2. The predicted octanol–water partition coefficient (Wildman–Crippen LogP) is 1.86. The Morgan fingerprint density at radius 2 is 1.91 bits per heavy atom. The van der Waals surface area contributed by atoms with Crippen LogP contribution >= 0.6 is 0 Å². The smallest absolute Gasteiger partial charge is 0.339 e. The van der Waals surface area contributed by atoms with Crippen LogP contribution in [0.3, 0.4) is 0 Å². The first kappa shape index (κ1) is 15.6. The van der Waals surface area contributed by atoms with Crippen molar-refractivity contribution in [2.75, 3.05) is 21.3 Å². The van der Waals surface area contributed by atoms with Crippen molar-refractivity contribution in [1.82, 2.24) is 9.97 Å². The molecule has 22 heavy (non-hydrogen) atoms. The Morgan fingerprint density at radius 3 is 2.50 bits per heavy atom. The van der Waals surface area contributed by atoms with Crippen molar-refractivity contribution >= 4 is 5.97 Å². The van der Waals surface area contributed by atoms with Gasteiger partial charge in [0.15, 0.2) is 5.75 Å². The normalized spacial score (nSPS) is 9.95. The van der Waals surface area contributed by atoms with Gasteiger partial charge in [-0.3, -0.25) is 4.98 Å². The predicted molar refractivity (Wildman–Crippen MR) is 77.2 cm³/mol. The van der Waals surface area contributed by atoms with Gasteiger partial charge in [-0.05, 0) is 12.1 Å². The van der Waals surface area contributed by atoms with Gasteiger partial charge in [-0.2, -0.15) is 0 Å². The largest absolute Gasteiger partial charge is 0.495 e. The highest BCUT2D eigenvalue weighted by Crippen LogP contribution is 2.26. The molecule has 0 saturated carbocycles. The van der Waals surface area contributed by atoms with Gasteiger partial charge in [-0.15, -0.1) is 0 Å². The first-order valence-corrected chi connectivity index (χ1v) is 6.42. The van der Waals surface area contributed by atoms with Gasteiger partial charge >= 0.3 is 5.97 Å². The van der Waals surface area contributed by atoms with Gasteiger partial charge in [0.25, 0.3) is 5.88 Å². The molecule has 2 aromatic rings. The van der Waals surface area contributed by atoms with Crippen LogP contribution in [0.4, 0.5) is 0 Å². The number of pyridine rings is 2. The molecule has 2 aromatic heterocycles. The van der Waals surface area contributed by atoms with E-state index in [2.05, 4.69) is 14.7 Å². The summed E-state index contributed by atoms with van der Waals surface area (Å²) in [7, 11) is 4.34. The fraction of sp³-hybridized carbons (Fsp3) is 0.267. The summed E-state index contributed by atoms with van der Waals surface area (Å²) in [5.74, 6) is 0.792. The summed E-state index contributed by atoms with van der Waals surface area (Å²) in [5.41, 5.74) is 0.996. The van der Waals surface area contributed by atoms with Crippen LogP contribution in [0.2, 0.25) is 0 Å². The lowest BCUT2D eigenvalue weighted by Crippen LogP contribution is -2.05. The summed E-state index contributed by atoms with van der Waals surface area (Å²) in [6, 6.07) is 5.08. The quantitative estimate of drug-likeness (QED) is 0.753. The zero-order valence-electron chi connectivity index (χ0n) is 12.5. The number of ether oxygens (including phenoxy) is 4. The van der Waals surface area contributed by atoms with Crippen LogP contribution in [-0.2, 0) is 11.3 Å². The van der Waals surface area contributed by atoms with Crippen molar-refractivity contribution < 1.29 is 23.7 Å². The Labute approximate surface area is 127 Å². The Kier molecular flexibility index (Phi) is 5.13. The van der Waals surface area contributed by atoms with E-state index >= 15 is 0 Å². The molecule has 0 fully saturated rings. The molecule has 116 valence electrons. The maximum Gasteiger partial charge on any atom is 0.339 e. The standard InChI is InChI=1S/C15H16N2O5/c1-19-12-5-4-11(16-8-12)9-22-14-13(20-2)6-10(7-17-14)15(18)21-3/h4-8H,9H2,1-3H3. The molecule has 0 bridgehead atoms. The monoisotopic (exact) mass is 304 g/mol. The fourth-order valence-electron chi connectivity index (χ4n) is 1.68. The van der Waals surface area contributed by atoms with Gasteiger partial charge in [-0.25, -0.2) is 9.78 Å². The lowest BCUT2D eigenvalue weighted by atomic mass is 10.3. The molecule has 0 aliphatic rings. The van der Waals surface area contributed by atoms with Gasteiger partial charge in [0, 0.05) is 12.3 Å². The van der Waals surface area contributed by atoms with Crippen LogP contribution in [0, 0.1) is 0 Å². The van der Waals surface area contributed by atoms with Crippen molar-refractivity contribution in [3.05, 3.63) is 41.9 Å². The second-order valence-corrected chi connectivity index (χ2v) is 4.20. The third-order valence-corrected chi connectivity index (χ3v) is 2.85. The third-order valence-electron chi connectivity index (χ3n) is 2.85. The van der Waals surface area contributed by atoms with Crippen LogP contribution in [0.1, 0.15) is 16.1 Å². The van der Waals surface area contributed by atoms with E-state index in [1.54, 1.807) is 25.4 Å². The molecule has 0 unspecified atom stereocenters. The summed E-state index contributed by atoms with van der Waals surface area (Å²) in [5, 5.41) is 0. The first-order chi connectivity index (χ1) is 10.7. The summed E-state index contributed by atoms with van der Waals surface area (Å²) < 4.78 is 20.4. The van der Waals surface area contributed by atoms with E-state index in [1.807, 2.05) is 0 Å². The van der Waals surface area contributed by atoms with E-state index in [0.717, 1.165) is 0 Å². The molecular formula is C15H16N2O5. The highest BCUT2D eigenvalue weighted by atomic mass is 16.5. The number of methoxy groups -OCH3 is 3. The van der Waals surface area contributed by atoms with Crippen molar-refractivity contribution in [2.45, 2.75) is 6.61 Å². The number of hydrogen-bond acceptors (Lipinski definition) is 7. The number of carbonyl (C=O) groups excluding carboxylic acids is 1. The molecular weight excluding hydrogens is 288 g/mol. The lowest BCUT2D eigenvalue weighted by Gasteiger charge is -2.10. The number of rotatable bonds is 6. The van der Waals surface area contributed by atoms with Crippen LogP contribution in [0.5, 0.6) is 17.4 Å². The zero-order valence-corrected chi connectivity index (χ0v) is 12.5. The van der Waals surface area contributed by atoms with Crippen LogP contribution in [-0.4, -0.2) is 37.3 Å². The molecule has 0 atom stereocenters. The van der Waals surface area contributed by atoms with E-state index in [0.29, 0.717) is 17.2 Å². The molecule has 0 N–H and O–H groups in total. The number of aromatic nitrogens is 2. The molecule has 0 amide bonds. The van der Waals surface area contributed by atoms with Gasteiger partial charge in [-0.1, -0.05) is 0 Å². The van der Waals surface area contributed by atoms with Gasteiger partial charge in [0.05, 0.1) is 38.8 Å². The molecule has 7 nitrogen and oxygen atoms in total. The maximum atomic E-state index is 11.5. The maximum absolute atomic E-state index is 11.5. The van der Waals surface area contributed by atoms with E-state index in [-0.39, 0.29) is 18.1 Å². The van der Waals surface area contributed by atoms with Crippen LogP contribution in [0.25, 0.3) is 0 Å². The summed E-state index contributed by atoms with van der Waals surface area (Å²) in [4.78, 5) is 19.7. The number of esters is 1. The van der Waals surface area contributed by atoms with Crippen LogP contribution in [0.15, 0.2) is 30.6 Å².